The van der Waals surface area contributed by atoms with Crippen LogP contribution in [-0.2, 0) is 0 Å². The Labute approximate surface area is 158 Å². The van der Waals surface area contributed by atoms with Crippen LogP contribution in [0.4, 0.5) is 5.82 Å². The topological polar surface area (TPSA) is 54.0 Å². The molecule has 1 N–H and O–H groups in total. The maximum Gasteiger partial charge on any atom is 0.142 e. The highest BCUT2D eigenvalue weighted by Crippen LogP contribution is 2.38. The number of fused-ring (bicyclic) bond motifs is 1. The van der Waals surface area contributed by atoms with Gasteiger partial charge in [0.2, 0.25) is 0 Å². The molecule has 0 aliphatic heterocycles. The second-order valence-corrected chi connectivity index (χ2v) is 7.85. The van der Waals surface area contributed by atoms with Crippen LogP contribution in [0.5, 0.6) is 5.75 Å². The van der Waals surface area contributed by atoms with E-state index >= 15 is 0 Å². The van der Waals surface area contributed by atoms with Gasteiger partial charge >= 0.3 is 0 Å². The van der Waals surface area contributed by atoms with Crippen molar-refractivity contribution in [3.63, 3.8) is 0 Å². The van der Waals surface area contributed by atoms with Crippen LogP contribution >= 0.6 is 11.8 Å². The van der Waals surface area contributed by atoms with Gasteiger partial charge < -0.3 is 14.6 Å². The van der Waals surface area contributed by atoms with Crippen LogP contribution in [0.15, 0.2) is 47.8 Å². The van der Waals surface area contributed by atoms with Gasteiger partial charge in [0.25, 0.3) is 0 Å². The molecule has 3 aromatic rings. The highest BCUT2D eigenvalue weighted by molar-refractivity contribution is 7.99. The van der Waals surface area contributed by atoms with E-state index in [0.717, 1.165) is 34.3 Å². The van der Waals surface area contributed by atoms with Gasteiger partial charge in [0.1, 0.15) is 23.5 Å². The minimum atomic E-state index is 0.559. The lowest BCUT2D eigenvalue weighted by molar-refractivity contribution is 0.286. The summed E-state index contributed by atoms with van der Waals surface area (Å²) in [5.41, 5.74) is 0.905. The zero-order valence-corrected chi connectivity index (χ0v) is 16.0. The Morgan fingerprint density at radius 1 is 1.27 bits per heavy atom. The summed E-state index contributed by atoms with van der Waals surface area (Å²) in [6, 6.07) is 11.0. The summed E-state index contributed by atoms with van der Waals surface area (Å²) in [6.45, 7) is 2.73. The van der Waals surface area contributed by atoms with Crippen LogP contribution in [0.25, 0.3) is 11.0 Å². The molecule has 2 heterocycles. The zero-order valence-electron chi connectivity index (χ0n) is 15.2. The molecular weight excluding hydrogens is 344 g/mol. The molecule has 136 valence electrons. The zero-order chi connectivity index (χ0) is 17.9. The number of aromatic nitrogens is 3. The summed E-state index contributed by atoms with van der Waals surface area (Å²) < 4.78 is 5.59. The van der Waals surface area contributed by atoms with E-state index in [1.807, 2.05) is 30.9 Å². The number of aromatic amines is 1. The number of ether oxygens (including phenoxy) is 1. The highest BCUT2D eigenvalue weighted by Gasteiger charge is 2.33. The van der Waals surface area contributed by atoms with E-state index in [-0.39, 0.29) is 0 Å². The van der Waals surface area contributed by atoms with Gasteiger partial charge in [0, 0.05) is 29.9 Å². The third-order valence-corrected chi connectivity index (χ3v) is 6.25. The van der Waals surface area contributed by atoms with Crippen molar-refractivity contribution in [1.82, 2.24) is 15.0 Å². The second kappa shape index (κ2) is 7.58. The van der Waals surface area contributed by atoms with E-state index in [9.17, 15) is 0 Å². The summed E-state index contributed by atoms with van der Waals surface area (Å²) >= 11 is 1.93. The molecule has 0 spiro atoms. The lowest BCUT2D eigenvalue weighted by atomic mass is 9.81. The number of hydrogen-bond acceptors (Lipinski definition) is 5. The van der Waals surface area contributed by atoms with Gasteiger partial charge in [-0.2, -0.15) is 0 Å². The third-order valence-electron chi connectivity index (χ3n) is 5.03. The minimum Gasteiger partial charge on any atom is -0.494 e. The Hall–Kier alpha value is -2.21. The lowest BCUT2D eigenvalue weighted by Crippen LogP contribution is -2.43. The fourth-order valence-corrected chi connectivity index (χ4v) is 4.57. The predicted octanol–water partition coefficient (Wildman–Crippen LogP) is 4.36. The number of thioether (sulfide) groups is 1. The van der Waals surface area contributed by atoms with Crippen molar-refractivity contribution in [2.24, 2.45) is 5.92 Å². The van der Waals surface area contributed by atoms with Gasteiger partial charge in [-0.15, -0.1) is 11.8 Å². The number of hydrogen-bond donors (Lipinski definition) is 1. The molecule has 0 unspecified atom stereocenters. The molecule has 1 aromatic carbocycles. The Morgan fingerprint density at radius 2 is 2.15 bits per heavy atom. The van der Waals surface area contributed by atoms with Gasteiger partial charge in [-0.1, -0.05) is 6.07 Å². The van der Waals surface area contributed by atoms with Crippen molar-refractivity contribution >= 4 is 28.6 Å². The van der Waals surface area contributed by atoms with E-state index in [1.54, 1.807) is 6.33 Å². The Balaban J connectivity index is 1.31. The van der Waals surface area contributed by atoms with Gasteiger partial charge in [0.05, 0.1) is 12.0 Å². The molecule has 0 atom stereocenters. The Bertz CT molecular complexity index is 875. The fraction of sp³-hybridized carbons (Fsp3) is 0.400. The first kappa shape index (κ1) is 17.2. The van der Waals surface area contributed by atoms with E-state index < -0.39 is 0 Å². The van der Waals surface area contributed by atoms with Crippen molar-refractivity contribution in [2.75, 3.05) is 24.3 Å². The average Bonchev–Trinajstić information content (AvgIpc) is 3.09. The first-order valence-electron chi connectivity index (χ1n) is 9.11. The van der Waals surface area contributed by atoms with Crippen molar-refractivity contribution in [1.29, 1.82) is 0 Å². The quantitative estimate of drug-likeness (QED) is 0.628. The normalized spacial score (nSPS) is 19.3. The van der Waals surface area contributed by atoms with Crippen molar-refractivity contribution in [2.45, 2.75) is 30.7 Å². The minimum absolute atomic E-state index is 0.559. The lowest BCUT2D eigenvalue weighted by Gasteiger charge is -2.41. The number of nitrogens with one attached hydrogen (secondary N) is 1. The molecule has 0 amide bonds. The standard InChI is InChI=1S/C20H24N4OS/c1-3-25-16-5-4-6-17(11-16)26-12-14-9-15(10-14)24(2)20-18-7-8-21-19(18)22-13-23-20/h4-8,11,13-15H,3,9-10,12H2,1-2H3,(H,21,22,23)/t14-,15+. The molecule has 0 saturated heterocycles. The van der Waals surface area contributed by atoms with Gasteiger partial charge in [0.15, 0.2) is 0 Å². The Kier molecular flexibility index (Phi) is 5.02. The summed E-state index contributed by atoms with van der Waals surface area (Å²) in [5, 5.41) is 1.10. The maximum atomic E-state index is 5.59. The van der Waals surface area contributed by atoms with Crippen LogP contribution < -0.4 is 9.64 Å². The van der Waals surface area contributed by atoms with Crippen LogP contribution in [0, 0.1) is 5.92 Å². The van der Waals surface area contributed by atoms with Crippen LogP contribution in [0.3, 0.4) is 0 Å². The number of rotatable bonds is 7. The molecule has 0 bridgehead atoms. The maximum absolute atomic E-state index is 5.59. The van der Waals surface area contributed by atoms with Gasteiger partial charge in [-0.05, 0) is 49.9 Å². The molecule has 2 aromatic heterocycles. The van der Waals surface area contributed by atoms with E-state index in [0.29, 0.717) is 12.6 Å². The van der Waals surface area contributed by atoms with Crippen LogP contribution in [-0.4, -0.2) is 40.4 Å². The summed E-state index contributed by atoms with van der Waals surface area (Å²) in [6.07, 6.45) is 5.99. The molecule has 5 nitrogen and oxygen atoms in total. The molecule has 1 aliphatic carbocycles. The Morgan fingerprint density at radius 3 is 3.00 bits per heavy atom. The van der Waals surface area contributed by atoms with Crippen LogP contribution in [0.2, 0.25) is 0 Å². The average molecular weight is 369 g/mol. The van der Waals surface area contributed by atoms with Gasteiger partial charge in [-0.3, -0.25) is 0 Å². The number of benzene rings is 1. The van der Waals surface area contributed by atoms with E-state index in [1.165, 1.54) is 17.7 Å². The van der Waals surface area contributed by atoms with Gasteiger partial charge in [-0.25, -0.2) is 9.97 Å². The second-order valence-electron chi connectivity index (χ2n) is 6.76. The molecule has 1 aliphatic rings. The summed E-state index contributed by atoms with van der Waals surface area (Å²) in [4.78, 5) is 15.5. The number of H-pyrrole nitrogens is 1. The molecular formula is C20H24N4OS. The molecule has 1 saturated carbocycles. The smallest absolute Gasteiger partial charge is 0.142 e. The van der Waals surface area contributed by atoms with E-state index in [2.05, 4.69) is 51.2 Å². The largest absolute Gasteiger partial charge is 0.494 e. The first-order chi connectivity index (χ1) is 12.7. The summed E-state index contributed by atoms with van der Waals surface area (Å²) in [5.74, 6) is 3.90. The molecule has 6 heteroatoms. The van der Waals surface area contributed by atoms with Crippen LogP contribution in [0.1, 0.15) is 19.8 Å². The number of anilines is 1. The molecule has 4 rings (SSSR count). The predicted molar refractivity (Wildman–Crippen MR) is 107 cm³/mol. The highest BCUT2D eigenvalue weighted by atomic mass is 32.2. The monoisotopic (exact) mass is 368 g/mol. The van der Waals surface area contributed by atoms with Crippen molar-refractivity contribution < 1.29 is 4.74 Å². The molecule has 0 radical (unpaired) electrons. The van der Waals surface area contributed by atoms with Crippen molar-refractivity contribution in [3.05, 3.63) is 42.9 Å². The van der Waals surface area contributed by atoms with E-state index in [4.69, 9.17) is 4.74 Å². The molecule has 26 heavy (non-hydrogen) atoms. The van der Waals surface area contributed by atoms with Crippen molar-refractivity contribution in [3.8, 4) is 5.75 Å². The molecule has 1 fully saturated rings. The first-order valence-corrected chi connectivity index (χ1v) is 10.1. The SMILES string of the molecule is CCOc1cccc(SC[C@H]2C[C@@H](N(C)c3ncnc4[nH]ccc34)C2)c1. The fourth-order valence-electron chi connectivity index (χ4n) is 3.50. The summed E-state index contributed by atoms with van der Waals surface area (Å²) in [7, 11) is 2.15. The number of nitrogens with zero attached hydrogens (tertiary/aromatic N) is 3. The third kappa shape index (κ3) is 3.51.